The van der Waals surface area contributed by atoms with E-state index in [1.54, 1.807) is 11.8 Å². The zero-order valence-electron chi connectivity index (χ0n) is 9.91. The second-order valence-electron chi connectivity index (χ2n) is 4.03. The first-order valence-electron chi connectivity index (χ1n) is 5.74. The third-order valence-electron chi connectivity index (χ3n) is 2.84. The Morgan fingerprint density at radius 1 is 1.21 bits per heavy atom. The molecule has 94 valence electrons. The van der Waals surface area contributed by atoms with Crippen molar-refractivity contribution in [1.29, 1.82) is 0 Å². The van der Waals surface area contributed by atoms with E-state index >= 15 is 0 Å². The Kier molecular flexibility index (Phi) is 3.05. The van der Waals surface area contributed by atoms with Gasteiger partial charge in [-0.2, -0.15) is 0 Å². The Labute approximate surface area is 113 Å². The molecule has 0 saturated heterocycles. The van der Waals surface area contributed by atoms with E-state index < -0.39 is 5.97 Å². The Morgan fingerprint density at radius 3 is 2.68 bits per heavy atom. The summed E-state index contributed by atoms with van der Waals surface area (Å²) in [6.45, 7) is 0. The maximum Gasteiger partial charge on any atom is 0.338 e. The van der Waals surface area contributed by atoms with Gasteiger partial charge in [-0.1, -0.05) is 30.3 Å². The van der Waals surface area contributed by atoms with Crippen molar-refractivity contribution in [2.45, 2.75) is 0 Å². The minimum Gasteiger partial charge on any atom is -0.478 e. The number of benzene rings is 1. The molecule has 0 radical (unpaired) electrons. The molecule has 2 aromatic rings. The van der Waals surface area contributed by atoms with Crippen molar-refractivity contribution < 1.29 is 9.90 Å². The van der Waals surface area contributed by atoms with Crippen LogP contribution in [0.25, 0.3) is 11.0 Å². The fraction of sp³-hybridized carbons (Fsp3) is 0.0714. The predicted molar refractivity (Wildman–Crippen MR) is 74.1 cm³/mol. The smallest absolute Gasteiger partial charge is 0.338 e. The van der Waals surface area contributed by atoms with Gasteiger partial charge in [0.2, 0.25) is 0 Å². The number of rotatable bonds is 2. The Morgan fingerprint density at radius 2 is 1.95 bits per heavy atom. The zero-order valence-corrected chi connectivity index (χ0v) is 10.7. The van der Waals surface area contributed by atoms with Gasteiger partial charge in [0.1, 0.15) is 0 Å². The summed E-state index contributed by atoms with van der Waals surface area (Å²) in [4.78, 5) is 20.1. The summed E-state index contributed by atoms with van der Waals surface area (Å²) < 4.78 is 0. The lowest BCUT2D eigenvalue weighted by Gasteiger charge is -2.09. The molecular formula is C14H10N2O2S. The number of nitrogens with zero attached hydrogens (tertiary/aromatic N) is 2. The minimum atomic E-state index is -1.01. The van der Waals surface area contributed by atoms with E-state index in [2.05, 4.69) is 22.1 Å². The van der Waals surface area contributed by atoms with E-state index in [-0.39, 0.29) is 5.56 Å². The highest BCUT2D eigenvalue weighted by molar-refractivity contribution is 8.08. The number of hydrogen-bond acceptors (Lipinski definition) is 4. The van der Waals surface area contributed by atoms with Crippen LogP contribution in [-0.2, 0) is 0 Å². The molecule has 0 amide bonds. The summed E-state index contributed by atoms with van der Waals surface area (Å²) in [6.07, 6.45) is 4.85. The van der Waals surface area contributed by atoms with Crippen molar-refractivity contribution in [3.8, 4) is 0 Å². The van der Waals surface area contributed by atoms with E-state index in [0.29, 0.717) is 5.82 Å². The van der Waals surface area contributed by atoms with Crippen LogP contribution in [0.2, 0.25) is 0 Å². The Balaban J connectivity index is 2.17. The average molecular weight is 270 g/mol. The second-order valence-corrected chi connectivity index (χ2v) is 5.06. The maximum atomic E-state index is 10.8. The molecule has 0 atom stereocenters. The minimum absolute atomic E-state index is 0.102. The fourth-order valence-corrected chi connectivity index (χ4v) is 2.92. The molecular weight excluding hydrogens is 260 g/mol. The van der Waals surface area contributed by atoms with Gasteiger partial charge in [0, 0.05) is 18.1 Å². The fourth-order valence-electron chi connectivity index (χ4n) is 1.92. The highest BCUT2D eigenvalue weighted by Gasteiger charge is 2.11. The molecule has 1 aromatic carbocycles. The molecule has 0 fully saturated rings. The lowest BCUT2D eigenvalue weighted by Crippen LogP contribution is -2.29. The maximum absolute atomic E-state index is 10.8. The van der Waals surface area contributed by atoms with Crippen molar-refractivity contribution in [2.24, 2.45) is 0 Å². The van der Waals surface area contributed by atoms with E-state index in [1.807, 2.05) is 18.2 Å². The van der Waals surface area contributed by atoms with Gasteiger partial charge in [-0.15, -0.1) is 11.8 Å². The van der Waals surface area contributed by atoms with E-state index in [1.165, 1.54) is 17.6 Å². The first-order chi connectivity index (χ1) is 9.25. The van der Waals surface area contributed by atoms with Crippen molar-refractivity contribution in [1.82, 2.24) is 9.97 Å². The number of carboxylic acids is 1. The Bertz CT molecular complexity index is 754. The summed E-state index contributed by atoms with van der Waals surface area (Å²) in [6, 6.07) is 8.06. The van der Waals surface area contributed by atoms with Crippen molar-refractivity contribution in [3.05, 3.63) is 58.5 Å². The molecule has 0 spiro atoms. The number of carbonyl (C=O) groups is 1. The van der Waals surface area contributed by atoms with Crippen molar-refractivity contribution >= 4 is 28.7 Å². The first kappa shape index (κ1) is 11.9. The molecule has 0 bridgehead atoms. The summed E-state index contributed by atoms with van der Waals surface area (Å²) in [5, 5.41) is 11.1. The Hall–Kier alpha value is -2.14. The van der Waals surface area contributed by atoms with Gasteiger partial charge in [-0.05, 0) is 10.4 Å². The molecule has 1 N–H and O–H groups in total. The number of fused-ring (bicyclic) bond motifs is 1. The van der Waals surface area contributed by atoms with E-state index in [9.17, 15) is 4.79 Å². The highest BCUT2D eigenvalue weighted by Crippen LogP contribution is 2.22. The summed E-state index contributed by atoms with van der Waals surface area (Å²) in [5.41, 5.74) is 0.102. The standard InChI is InChI=1S/C14H10N2O2S/c17-14(18)10-7-15-13(16-8-10)12-11-4-2-1-3-9(11)5-6-19-12/h1-5,7-8H,6H2,(H,17,18). The predicted octanol–water partition coefficient (Wildman–Crippen LogP) is 0.859. The van der Waals surface area contributed by atoms with Gasteiger partial charge < -0.3 is 5.11 Å². The number of aromatic nitrogens is 2. The van der Waals surface area contributed by atoms with Gasteiger partial charge in [0.25, 0.3) is 0 Å². The molecule has 0 saturated carbocycles. The second kappa shape index (κ2) is 4.85. The number of thioether (sulfide) groups is 1. The number of carboxylic acid groups (broad SMARTS) is 1. The van der Waals surface area contributed by atoms with Crippen molar-refractivity contribution in [2.75, 3.05) is 5.75 Å². The molecule has 19 heavy (non-hydrogen) atoms. The van der Waals surface area contributed by atoms with E-state index in [0.717, 1.165) is 15.9 Å². The third-order valence-corrected chi connectivity index (χ3v) is 3.86. The molecule has 0 aliphatic carbocycles. The molecule has 1 aromatic heterocycles. The van der Waals surface area contributed by atoms with Crippen LogP contribution in [0.1, 0.15) is 16.2 Å². The summed E-state index contributed by atoms with van der Waals surface area (Å²) in [5.74, 6) is 0.438. The molecule has 2 heterocycles. The lowest BCUT2D eigenvalue weighted by atomic mass is 10.2. The van der Waals surface area contributed by atoms with Crippen LogP contribution in [0.5, 0.6) is 0 Å². The van der Waals surface area contributed by atoms with E-state index in [4.69, 9.17) is 5.11 Å². The largest absolute Gasteiger partial charge is 0.478 e. The summed E-state index contributed by atoms with van der Waals surface area (Å²) >= 11 is 1.66. The normalized spacial score (nSPS) is 13.6. The molecule has 1 aliphatic heterocycles. The van der Waals surface area contributed by atoms with Crippen LogP contribution >= 0.6 is 11.8 Å². The molecule has 5 heteroatoms. The van der Waals surface area contributed by atoms with Crippen LogP contribution in [-0.4, -0.2) is 26.8 Å². The van der Waals surface area contributed by atoms with Crippen LogP contribution in [0, 0.1) is 0 Å². The van der Waals surface area contributed by atoms with Gasteiger partial charge in [0.15, 0.2) is 5.82 Å². The number of aromatic carboxylic acids is 1. The van der Waals surface area contributed by atoms with Gasteiger partial charge >= 0.3 is 5.97 Å². The van der Waals surface area contributed by atoms with Gasteiger partial charge in [-0.25, -0.2) is 14.8 Å². The average Bonchev–Trinajstić information content (AvgIpc) is 2.47. The van der Waals surface area contributed by atoms with Crippen molar-refractivity contribution in [3.63, 3.8) is 0 Å². The topological polar surface area (TPSA) is 63.1 Å². The molecule has 4 nitrogen and oxygen atoms in total. The third kappa shape index (κ3) is 2.24. The zero-order chi connectivity index (χ0) is 13.2. The SMILES string of the molecule is O=C(O)c1cnc(C2=c3ccccc3=CCS2)nc1. The quantitative estimate of drug-likeness (QED) is 0.877. The van der Waals surface area contributed by atoms with Gasteiger partial charge in [-0.3, -0.25) is 0 Å². The highest BCUT2D eigenvalue weighted by atomic mass is 32.2. The van der Waals surface area contributed by atoms with Crippen LogP contribution in [0.15, 0.2) is 36.7 Å². The van der Waals surface area contributed by atoms with Crippen LogP contribution in [0.4, 0.5) is 0 Å². The molecule has 3 rings (SSSR count). The van der Waals surface area contributed by atoms with Gasteiger partial charge in [0.05, 0.1) is 10.5 Å². The monoisotopic (exact) mass is 270 g/mol. The van der Waals surface area contributed by atoms with Crippen LogP contribution < -0.4 is 10.4 Å². The lowest BCUT2D eigenvalue weighted by molar-refractivity contribution is 0.0696. The summed E-state index contributed by atoms with van der Waals surface area (Å²) in [7, 11) is 0. The molecule has 0 unspecified atom stereocenters. The van der Waals surface area contributed by atoms with Crippen LogP contribution in [0.3, 0.4) is 0 Å². The molecule has 1 aliphatic rings. The first-order valence-corrected chi connectivity index (χ1v) is 6.72. The number of hydrogen-bond donors (Lipinski definition) is 1.